The van der Waals surface area contributed by atoms with Gasteiger partial charge in [-0.05, 0) is 44.1 Å². The Morgan fingerprint density at radius 2 is 2.00 bits per heavy atom. The number of rotatable bonds is 10. The summed E-state index contributed by atoms with van der Waals surface area (Å²) < 4.78 is 6.26. The quantitative estimate of drug-likeness (QED) is 0.494. The molecule has 7 nitrogen and oxygen atoms in total. The number of carboxylic acid groups (broad SMARTS) is 1. The molecule has 0 unspecified atom stereocenters. The summed E-state index contributed by atoms with van der Waals surface area (Å²) in [5.74, 6) is -0.899. The molecule has 0 saturated heterocycles. The summed E-state index contributed by atoms with van der Waals surface area (Å²) in [6, 6.07) is 10.3. The Hall–Kier alpha value is -2.10. The van der Waals surface area contributed by atoms with E-state index < -0.39 is 5.97 Å². The van der Waals surface area contributed by atoms with Gasteiger partial charge in [-0.25, -0.2) is 9.78 Å². The van der Waals surface area contributed by atoms with Gasteiger partial charge in [0.15, 0.2) is 5.13 Å². The molecule has 0 aliphatic heterocycles. The number of anilines is 1. The zero-order chi connectivity index (χ0) is 22.1. The number of thiazole rings is 1. The summed E-state index contributed by atoms with van der Waals surface area (Å²) in [7, 11) is 1.75. The van der Waals surface area contributed by atoms with Crippen LogP contribution in [-0.2, 0) is 16.0 Å². The lowest BCUT2D eigenvalue weighted by Gasteiger charge is -2.36. The summed E-state index contributed by atoms with van der Waals surface area (Å²) in [5.41, 5.74) is 1.27. The van der Waals surface area contributed by atoms with Crippen molar-refractivity contribution in [3.8, 4) is 0 Å². The van der Waals surface area contributed by atoms with Crippen LogP contribution < -0.4 is 5.32 Å². The van der Waals surface area contributed by atoms with E-state index in [-0.39, 0.29) is 23.9 Å². The van der Waals surface area contributed by atoms with E-state index in [0.29, 0.717) is 11.7 Å². The minimum absolute atomic E-state index is 0.0239. The Morgan fingerprint density at radius 3 is 2.68 bits per heavy atom. The third-order valence-electron chi connectivity index (χ3n) is 5.42. The summed E-state index contributed by atoms with van der Waals surface area (Å²) in [4.78, 5) is 30.1. The third-order valence-corrected chi connectivity index (χ3v) is 7.51. The summed E-state index contributed by atoms with van der Waals surface area (Å²) in [5, 5.41) is 12.2. The number of aliphatic carboxylic acids is 1. The number of thioether (sulfide) groups is 1. The van der Waals surface area contributed by atoms with E-state index in [0.717, 1.165) is 42.7 Å². The number of amides is 2. The van der Waals surface area contributed by atoms with Gasteiger partial charge >= 0.3 is 12.0 Å². The molecule has 9 heteroatoms. The van der Waals surface area contributed by atoms with E-state index in [1.165, 1.54) is 28.7 Å². The molecular weight excluding hydrogens is 434 g/mol. The maximum absolute atomic E-state index is 13.1. The first-order valence-corrected chi connectivity index (χ1v) is 12.3. The fourth-order valence-corrected chi connectivity index (χ4v) is 5.40. The van der Waals surface area contributed by atoms with Gasteiger partial charge in [-0.1, -0.05) is 41.7 Å². The van der Waals surface area contributed by atoms with E-state index in [1.807, 2.05) is 23.1 Å². The van der Waals surface area contributed by atoms with Crippen molar-refractivity contribution in [3.05, 3.63) is 42.1 Å². The maximum atomic E-state index is 13.1. The fourth-order valence-electron chi connectivity index (χ4n) is 3.82. The van der Waals surface area contributed by atoms with Gasteiger partial charge in [0, 0.05) is 19.7 Å². The number of hydrogen-bond acceptors (Lipinski definition) is 6. The molecule has 1 heterocycles. The summed E-state index contributed by atoms with van der Waals surface area (Å²) in [6.45, 7) is 0.676. The van der Waals surface area contributed by atoms with E-state index in [1.54, 1.807) is 13.3 Å². The van der Waals surface area contributed by atoms with E-state index >= 15 is 0 Å². The number of methoxy groups -OCH3 is 1. The van der Waals surface area contributed by atoms with Crippen molar-refractivity contribution in [2.45, 2.75) is 54.9 Å². The second kappa shape index (κ2) is 12.1. The van der Waals surface area contributed by atoms with Gasteiger partial charge in [-0.3, -0.25) is 10.1 Å². The molecule has 0 bridgehead atoms. The molecule has 168 valence electrons. The SMILES string of the molecule is CO[C@H]1CC[C@H](N(CCCc2ccccc2)C(=O)Nc2ncc(SCC(=O)O)s2)CC1. The van der Waals surface area contributed by atoms with Crippen molar-refractivity contribution in [2.24, 2.45) is 0 Å². The van der Waals surface area contributed by atoms with Crippen LogP contribution in [0.5, 0.6) is 0 Å². The Kier molecular flexibility index (Phi) is 9.17. The molecular formula is C22H29N3O4S2. The van der Waals surface area contributed by atoms with Gasteiger partial charge in [0.05, 0.1) is 22.3 Å². The van der Waals surface area contributed by atoms with Crippen molar-refractivity contribution in [1.29, 1.82) is 0 Å². The molecule has 1 aliphatic rings. The lowest BCUT2D eigenvalue weighted by molar-refractivity contribution is -0.133. The monoisotopic (exact) mass is 463 g/mol. The van der Waals surface area contributed by atoms with E-state index in [9.17, 15) is 9.59 Å². The molecule has 1 aromatic carbocycles. The Balaban J connectivity index is 1.60. The van der Waals surface area contributed by atoms with Crippen LogP contribution in [0.2, 0.25) is 0 Å². The second-order valence-electron chi connectivity index (χ2n) is 7.55. The van der Waals surface area contributed by atoms with Crippen molar-refractivity contribution in [1.82, 2.24) is 9.88 Å². The molecule has 0 spiro atoms. The second-order valence-corrected chi connectivity index (χ2v) is 9.85. The van der Waals surface area contributed by atoms with Crippen LogP contribution in [0.25, 0.3) is 0 Å². The summed E-state index contributed by atoms with van der Waals surface area (Å²) in [6.07, 6.45) is 7.46. The third kappa shape index (κ3) is 7.52. The van der Waals surface area contributed by atoms with E-state index in [2.05, 4.69) is 22.4 Å². The van der Waals surface area contributed by atoms with Gasteiger partial charge in [0.2, 0.25) is 0 Å². The number of nitrogens with zero attached hydrogens (tertiary/aromatic N) is 2. The number of aromatic nitrogens is 1. The first kappa shape index (κ1) is 23.6. The number of carbonyl (C=O) groups excluding carboxylic acids is 1. The Bertz CT molecular complexity index is 838. The number of hydrogen-bond donors (Lipinski definition) is 2. The Morgan fingerprint density at radius 1 is 1.26 bits per heavy atom. The van der Waals surface area contributed by atoms with Crippen LogP contribution in [0, 0.1) is 0 Å². The average molecular weight is 464 g/mol. The van der Waals surface area contributed by atoms with E-state index in [4.69, 9.17) is 9.84 Å². The highest BCUT2D eigenvalue weighted by molar-refractivity contribution is 8.01. The average Bonchev–Trinajstić information content (AvgIpc) is 3.23. The zero-order valence-corrected chi connectivity index (χ0v) is 19.3. The normalized spacial score (nSPS) is 18.5. The molecule has 2 amide bonds. The molecule has 1 saturated carbocycles. The fraction of sp³-hybridized carbons (Fsp3) is 0.500. The number of aryl methyl sites for hydroxylation is 1. The first-order chi connectivity index (χ1) is 15.0. The van der Waals surface area contributed by atoms with Crippen molar-refractivity contribution in [2.75, 3.05) is 24.7 Å². The van der Waals surface area contributed by atoms with Crippen LogP contribution in [-0.4, -0.2) is 58.5 Å². The molecule has 31 heavy (non-hydrogen) atoms. The highest BCUT2D eigenvalue weighted by Gasteiger charge is 2.29. The van der Waals surface area contributed by atoms with Gasteiger partial charge in [0.1, 0.15) is 0 Å². The number of nitrogens with one attached hydrogen (secondary N) is 1. The van der Waals surface area contributed by atoms with Crippen molar-refractivity contribution < 1.29 is 19.4 Å². The Labute approximate surface area is 191 Å². The predicted molar refractivity (Wildman–Crippen MR) is 124 cm³/mol. The predicted octanol–water partition coefficient (Wildman–Crippen LogP) is 4.74. The maximum Gasteiger partial charge on any atom is 0.323 e. The van der Waals surface area contributed by atoms with Crippen LogP contribution >= 0.6 is 23.1 Å². The smallest absolute Gasteiger partial charge is 0.323 e. The highest BCUT2D eigenvalue weighted by Crippen LogP contribution is 2.29. The molecule has 1 aliphatic carbocycles. The van der Waals surface area contributed by atoms with Crippen LogP contribution in [0.15, 0.2) is 40.7 Å². The zero-order valence-electron chi connectivity index (χ0n) is 17.7. The molecule has 0 atom stereocenters. The number of carbonyl (C=O) groups is 2. The van der Waals surface area contributed by atoms with Crippen molar-refractivity contribution >= 4 is 40.2 Å². The molecule has 2 N–H and O–H groups in total. The lowest BCUT2D eigenvalue weighted by Crippen LogP contribution is -2.46. The number of ether oxygens (including phenoxy) is 1. The van der Waals surface area contributed by atoms with Gasteiger partial charge in [-0.2, -0.15) is 0 Å². The molecule has 1 fully saturated rings. The minimum Gasteiger partial charge on any atom is -0.481 e. The molecule has 3 rings (SSSR count). The van der Waals surface area contributed by atoms with Crippen LogP contribution in [0.1, 0.15) is 37.7 Å². The topological polar surface area (TPSA) is 91.8 Å². The first-order valence-electron chi connectivity index (χ1n) is 10.5. The molecule has 0 radical (unpaired) electrons. The molecule has 1 aromatic heterocycles. The minimum atomic E-state index is -0.875. The van der Waals surface area contributed by atoms with Crippen molar-refractivity contribution in [3.63, 3.8) is 0 Å². The van der Waals surface area contributed by atoms with Gasteiger partial charge in [-0.15, -0.1) is 11.8 Å². The highest BCUT2D eigenvalue weighted by atomic mass is 32.2. The number of carboxylic acids is 1. The number of urea groups is 1. The molecule has 2 aromatic rings. The largest absolute Gasteiger partial charge is 0.481 e. The standard InChI is InChI=1S/C22H29N3O4S2/c1-29-18-11-9-17(10-12-18)25(13-5-8-16-6-3-2-4-7-16)22(28)24-21-23-14-20(31-21)30-15-19(26)27/h2-4,6-7,14,17-18H,5,8-13,15H2,1H3,(H,26,27)(H,23,24,28)/t17-,18-. The number of benzene rings is 1. The van der Waals surface area contributed by atoms with Gasteiger partial charge < -0.3 is 14.7 Å². The summed E-state index contributed by atoms with van der Waals surface area (Å²) >= 11 is 2.51. The van der Waals surface area contributed by atoms with Crippen LogP contribution in [0.3, 0.4) is 0 Å². The van der Waals surface area contributed by atoms with Gasteiger partial charge in [0.25, 0.3) is 0 Å². The lowest BCUT2D eigenvalue weighted by atomic mass is 9.91. The van der Waals surface area contributed by atoms with Crippen LogP contribution in [0.4, 0.5) is 9.93 Å².